The summed E-state index contributed by atoms with van der Waals surface area (Å²) in [5.74, 6) is 0.895. The van der Waals surface area contributed by atoms with Crippen molar-refractivity contribution in [1.82, 2.24) is 0 Å². The van der Waals surface area contributed by atoms with Crippen LogP contribution in [0.4, 0.5) is 10.1 Å². The lowest BCUT2D eigenvalue weighted by Gasteiger charge is -2.36. The normalized spacial score (nSPS) is 16.3. The summed E-state index contributed by atoms with van der Waals surface area (Å²) in [6.07, 6.45) is 1.66. The smallest absolute Gasteiger partial charge is 0.193 e. The molecule has 0 unspecified atom stereocenters. The van der Waals surface area contributed by atoms with Crippen molar-refractivity contribution in [3.63, 3.8) is 0 Å². The molecule has 1 aliphatic rings. The Morgan fingerprint density at radius 1 is 1.15 bits per heavy atom. The quantitative estimate of drug-likeness (QED) is 0.383. The zero-order chi connectivity index (χ0) is 18.4. The molecule has 1 fully saturated rings. The molecule has 0 spiro atoms. The van der Waals surface area contributed by atoms with E-state index in [1.807, 2.05) is 36.4 Å². The minimum atomic E-state index is -0.236. The topological polar surface area (TPSA) is 68.9 Å². The molecule has 27 heavy (non-hydrogen) atoms. The van der Waals surface area contributed by atoms with Crippen molar-refractivity contribution in [2.24, 2.45) is 10.7 Å². The van der Waals surface area contributed by atoms with Crippen molar-refractivity contribution in [3.05, 3.63) is 59.9 Å². The van der Waals surface area contributed by atoms with Crippen LogP contribution in [0.5, 0.6) is 5.75 Å². The zero-order valence-corrected chi connectivity index (χ0v) is 17.6. The Morgan fingerprint density at radius 2 is 1.78 bits per heavy atom. The molecule has 0 aromatic heterocycles. The van der Waals surface area contributed by atoms with Gasteiger partial charge in [-0.1, -0.05) is 12.1 Å². The Morgan fingerprint density at radius 3 is 2.37 bits per heavy atom. The molecule has 0 radical (unpaired) electrons. The predicted octanol–water partition coefficient (Wildman–Crippen LogP) is 3.93. The van der Waals surface area contributed by atoms with Gasteiger partial charge in [-0.25, -0.2) is 4.39 Å². The third kappa shape index (κ3) is 5.55. The molecule has 7 heteroatoms. The number of halogens is 2. The van der Waals surface area contributed by atoms with Crippen molar-refractivity contribution in [3.8, 4) is 5.75 Å². The van der Waals surface area contributed by atoms with E-state index in [1.165, 1.54) is 12.1 Å². The van der Waals surface area contributed by atoms with Crippen LogP contribution < -0.4 is 15.8 Å². The summed E-state index contributed by atoms with van der Waals surface area (Å²) in [7, 11) is 1.63. The molecule has 2 aromatic rings. The van der Waals surface area contributed by atoms with Crippen LogP contribution in [0.3, 0.4) is 0 Å². The summed E-state index contributed by atoms with van der Waals surface area (Å²) in [6, 6.07) is 14.1. The molecule has 0 amide bonds. The lowest BCUT2D eigenvalue weighted by Crippen LogP contribution is -2.38. The van der Waals surface area contributed by atoms with Gasteiger partial charge in [0.05, 0.1) is 13.7 Å². The fraction of sp³-hybridized carbons (Fsp3) is 0.350. The number of guanidine groups is 1. The second-order valence-electron chi connectivity index (χ2n) is 6.45. The highest BCUT2D eigenvalue weighted by molar-refractivity contribution is 14.0. The molecule has 146 valence electrons. The number of nitrogens with two attached hydrogens (primary N) is 1. The van der Waals surface area contributed by atoms with Gasteiger partial charge in [0.2, 0.25) is 0 Å². The van der Waals surface area contributed by atoms with Gasteiger partial charge in [-0.15, -0.1) is 24.0 Å². The van der Waals surface area contributed by atoms with Gasteiger partial charge in [0, 0.05) is 24.3 Å². The van der Waals surface area contributed by atoms with E-state index in [0.717, 1.165) is 29.8 Å². The van der Waals surface area contributed by atoms with E-state index < -0.39 is 0 Å². The van der Waals surface area contributed by atoms with E-state index in [2.05, 4.69) is 10.3 Å². The maximum Gasteiger partial charge on any atom is 0.193 e. The minimum absolute atomic E-state index is 0. The average molecular weight is 485 g/mol. The summed E-state index contributed by atoms with van der Waals surface area (Å²) < 4.78 is 24.0. The maximum atomic E-state index is 13.3. The number of ether oxygens (including phenoxy) is 2. The predicted molar refractivity (Wildman–Crippen MR) is 117 cm³/mol. The van der Waals surface area contributed by atoms with E-state index in [9.17, 15) is 4.39 Å². The van der Waals surface area contributed by atoms with E-state index >= 15 is 0 Å². The number of hydrogen-bond donors (Lipinski definition) is 2. The van der Waals surface area contributed by atoms with Gasteiger partial charge in [-0.05, 0) is 54.8 Å². The highest BCUT2D eigenvalue weighted by atomic mass is 127. The van der Waals surface area contributed by atoms with Gasteiger partial charge in [-0.2, -0.15) is 0 Å². The summed E-state index contributed by atoms with van der Waals surface area (Å²) in [5.41, 5.74) is 7.80. The van der Waals surface area contributed by atoms with Gasteiger partial charge in [0.15, 0.2) is 5.96 Å². The molecule has 0 atom stereocenters. The largest absolute Gasteiger partial charge is 0.497 e. The third-order valence-corrected chi connectivity index (χ3v) is 4.82. The van der Waals surface area contributed by atoms with E-state index in [1.54, 1.807) is 7.11 Å². The molecular formula is C20H25FIN3O2. The van der Waals surface area contributed by atoms with Crippen LogP contribution in [-0.2, 0) is 10.2 Å². The summed E-state index contributed by atoms with van der Waals surface area (Å²) in [5, 5.41) is 3.09. The number of anilines is 1. The van der Waals surface area contributed by atoms with E-state index in [0.29, 0.717) is 25.7 Å². The second-order valence-corrected chi connectivity index (χ2v) is 6.45. The van der Waals surface area contributed by atoms with Crippen molar-refractivity contribution in [1.29, 1.82) is 0 Å². The van der Waals surface area contributed by atoms with Crippen molar-refractivity contribution in [2.45, 2.75) is 18.3 Å². The Hall–Kier alpha value is -1.87. The van der Waals surface area contributed by atoms with Crippen LogP contribution in [-0.4, -0.2) is 32.8 Å². The highest BCUT2D eigenvalue weighted by Gasteiger charge is 2.34. The molecule has 0 aliphatic carbocycles. The van der Waals surface area contributed by atoms with Gasteiger partial charge in [-0.3, -0.25) is 4.99 Å². The minimum Gasteiger partial charge on any atom is -0.497 e. The van der Waals surface area contributed by atoms with Crippen LogP contribution in [0.2, 0.25) is 0 Å². The molecule has 0 saturated carbocycles. The van der Waals surface area contributed by atoms with Crippen LogP contribution >= 0.6 is 24.0 Å². The highest BCUT2D eigenvalue weighted by Crippen LogP contribution is 2.35. The maximum absolute atomic E-state index is 13.3. The Balaban J connectivity index is 0.00000261. The van der Waals surface area contributed by atoms with Gasteiger partial charge in [0.25, 0.3) is 0 Å². The number of aliphatic imine (C=N–C) groups is 1. The molecule has 3 rings (SSSR count). The summed E-state index contributed by atoms with van der Waals surface area (Å²) >= 11 is 0. The first-order valence-electron chi connectivity index (χ1n) is 8.66. The van der Waals surface area contributed by atoms with Gasteiger partial charge < -0.3 is 20.5 Å². The zero-order valence-electron chi connectivity index (χ0n) is 15.3. The van der Waals surface area contributed by atoms with Crippen molar-refractivity contribution in [2.75, 3.05) is 32.2 Å². The summed E-state index contributed by atoms with van der Waals surface area (Å²) in [4.78, 5) is 4.56. The number of benzene rings is 2. The molecule has 1 heterocycles. The van der Waals surface area contributed by atoms with Crippen molar-refractivity contribution < 1.29 is 13.9 Å². The van der Waals surface area contributed by atoms with E-state index in [4.69, 9.17) is 15.2 Å². The van der Waals surface area contributed by atoms with Crippen LogP contribution in [0.1, 0.15) is 18.4 Å². The first kappa shape index (κ1) is 21.4. The van der Waals surface area contributed by atoms with Gasteiger partial charge >= 0.3 is 0 Å². The van der Waals surface area contributed by atoms with E-state index in [-0.39, 0.29) is 35.2 Å². The van der Waals surface area contributed by atoms with Gasteiger partial charge in [0.1, 0.15) is 11.6 Å². The standard InChI is InChI=1S/C20H24FN3O2.HI/c1-25-18-8-6-17(7-9-18)24-19(22)23-14-20(10-12-26-13-11-20)15-2-4-16(21)5-3-15;/h2-9H,10-14H2,1H3,(H3,22,23,24);1H. The lowest BCUT2D eigenvalue weighted by atomic mass is 9.74. The number of rotatable bonds is 5. The van der Waals surface area contributed by atoms with Crippen molar-refractivity contribution >= 4 is 35.6 Å². The van der Waals surface area contributed by atoms with Crippen LogP contribution in [0.25, 0.3) is 0 Å². The molecule has 1 aliphatic heterocycles. The fourth-order valence-electron chi connectivity index (χ4n) is 3.20. The lowest BCUT2D eigenvalue weighted by molar-refractivity contribution is 0.0531. The molecule has 1 saturated heterocycles. The van der Waals surface area contributed by atoms with Crippen LogP contribution in [0, 0.1) is 5.82 Å². The monoisotopic (exact) mass is 485 g/mol. The molecule has 2 aromatic carbocycles. The fourth-order valence-corrected chi connectivity index (χ4v) is 3.20. The second kappa shape index (κ2) is 9.89. The first-order valence-corrected chi connectivity index (χ1v) is 8.66. The average Bonchev–Trinajstić information content (AvgIpc) is 2.68. The number of hydrogen-bond acceptors (Lipinski definition) is 3. The SMILES string of the molecule is COc1ccc(NC(N)=NCC2(c3ccc(F)cc3)CCOCC2)cc1.I. The Labute approximate surface area is 176 Å². The Bertz CT molecular complexity index is 745. The molecule has 5 nitrogen and oxygen atoms in total. The third-order valence-electron chi connectivity index (χ3n) is 4.82. The van der Waals surface area contributed by atoms with Crippen LogP contribution in [0.15, 0.2) is 53.5 Å². The summed E-state index contributed by atoms with van der Waals surface area (Å²) in [6.45, 7) is 1.86. The first-order chi connectivity index (χ1) is 12.6. The molecule has 0 bridgehead atoms. The number of methoxy groups -OCH3 is 1. The Kier molecular flexibility index (Phi) is 7.85. The molecular weight excluding hydrogens is 460 g/mol. The number of nitrogens with one attached hydrogen (secondary N) is 1. The number of nitrogens with zero attached hydrogens (tertiary/aromatic N) is 1. The molecule has 3 N–H and O–H groups in total.